The lowest BCUT2D eigenvalue weighted by Crippen LogP contribution is -2.51. The van der Waals surface area contributed by atoms with Crippen molar-refractivity contribution in [2.45, 2.75) is 76.8 Å². The molecule has 1 aromatic carbocycles. The molecular weight excluding hydrogens is 540 g/mol. The van der Waals surface area contributed by atoms with E-state index in [0.717, 1.165) is 63.2 Å². The first-order chi connectivity index (χ1) is 19.9. The minimum Gasteiger partial charge on any atom is -0.444 e. The van der Waals surface area contributed by atoms with Crippen LogP contribution in [0.1, 0.15) is 58.1 Å². The van der Waals surface area contributed by atoms with E-state index < -0.39 is 17.6 Å². The quantitative estimate of drug-likeness (QED) is 0.467. The van der Waals surface area contributed by atoms with Crippen LogP contribution in [0.25, 0.3) is 11.0 Å². The normalized spacial score (nSPS) is 24.0. The highest BCUT2D eigenvalue weighted by Crippen LogP contribution is 2.29. The van der Waals surface area contributed by atoms with Gasteiger partial charge in [-0.3, -0.25) is 33.8 Å². The van der Waals surface area contributed by atoms with Crippen molar-refractivity contribution >= 4 is 28.9 Å². The number of piperazine rings is 1. The number of aryl methyl sites for hydroxylation is 1. The Morgan fingerprint density at radius 1 is 1.05 bits per heavy atom. The van der Waals surface area contributed by atoms with Crippen molar-refractivity contribution in [3.8, 4) is 0 Å². The number of aromatic nitrogens is 2. The van der Waals surface area contributed by atoms with Crippen LogP contribution < -0.4 is 11.0 Å². The minimum absolute atomic E-state index is 0.172. The number of rotatable bonds is 8. The number of hydrogen-bond acceptors (Lipinski definition) is 8. The molecule has 42 heavy (non-hydrogen) atoms. The van der Waals surface area contributed by atoms with Crippen LogP contribution in [-0.4, -0.2) is 106 Å². The zero-order chi connectivity index (χ0) is 30.2. The summed E-state index contributed by atoms with van der Waals surface area (Å²) in [6, 6.07) is 5.47. The Morgan fingerprint density at radius 3 is 2.40 bits per heavy atom. The fourth-order valence-corrected chi connectivity index (χ4v) is 5.99. The number of amides is 3. The maximum absolute atomic E-state index is 13.0. The standard InChI is InChI=1S/C30H44N6O6/c1-30(2,3)42-29(40)32(4)21-17-22(18-21)41-15-14-34-10-12-35(13-11-34)19-20-6-7-23-25(16-20)33(5)28(39)36(23)24-8-9-26(37)31-27(24)38/h6-7,16,21-22,24H,8-15,17-19H2,1-5H3,(H,31,37,38). The number of ether oxygens (including phenoxy) is 2. The summed E-state index contributed by atoms with van der Waals surface area (Å²) in [7, 11) is 3.52. The van der Waals surface area contributed by atoms with E-state index in [-0.39, 0.29) is 36.3 Å². The maximum Gasteiger partial charge on any atom is 0.410 e. The second kappa shape index (κ2) is 12.2. The van der Waals surface area contributed by atoms with Crippen molar-refractivity contribution in [1.82, 2.24) is 29.2 Å². The Balaban J connectivity index is 1.06. The molecule has 0 spiro atoms. The van der Waals surface area contributed by atoms with Gasteiger partial charge < -0.3 is 14.4 Å². The number of imidazole rings is 1. The molecule has 3 fully saturated rings. The Bertz CT molecular complexity index is 1380. The molecule has 1 unspecified atom stereocenters. The largest absolute Gasteiger partial charge is 0.444 e. The minimum atomic E-state index is -0.675. The van der Waals surface area contributed by atoms with Crippen LogP contribution in [0.15, 0.2) is 23.0 Å². The molecule has 1 aliphatic carbocycles. The van der Waals surface area contributed by atoms with Crippen molar-refractivity contribution in [2.24, 2.45) is 7.05 Å². The molecule has 0 bridgehead atoms. The average molecular weight is 585 g/mol. The lowest BCUT2D eigenvalue weighted by Gasteiger charge is -2.41. The first kappa shape index (κ1) is 30.2. The van der Waals surface area contributed by atoms with Gasteiger partial charge in [-0.05, 0) is 57.7 Å². The van der Waals surface area contributed by atoms with Gasteiger partial charge in [-0.25, -0.2) is 9.59 Å². The number of nitrogens with one attached hydrogen (secondary N) is 1. The van der Waals surface area contributed by atoms with Gasteiger partial charge >= 0.3 is 11.8 Å². The van der Waals surface area contributed by atoms with Gasteiger partial charge in [0.25, 0.3) is 0 Å². The highest BCUT2D eigenvalue weighted by molar-refractivity contribution is 6.00. The number of piperidine rings is 1. The highest BCUT2D eigenvalue weighted by atomic mass is 16.6. The van der Waals surface area contributed by atoms with Gasteiger partial charge in [-0.15, -0.1) is 0 Å². The number of benzene rings is 1. The Labute approximate surface area is 246 Å². The fourth-order valence-electron chi connectivity index (χ4n) is 5.99. The van der Waals surface area contributed by atoms with E-state index in [1.807, 2.05) is 39.0 Å². The molecule has 1 aromatic heterocycles. The molecular formula is C30H44N6O6. The summed E-state index contributed by atoms with van der Waals surface area (Å²) >= 11 is 0. The third kappa shape index (κ3) is 6.71. The predicted molar refractivity (Wildman–Crippen MR) is 157 cm³/mol. The van der Waals surface area contributed by atoms with Crippen molar-refractivity contribution < 1.29 is 23.9 Å². The van der Waals surface area contributed by atoms with Crippen LogP contribution in [0, 0.1) is 0 Å². The number of carbonyl (C=O) groups is 3. The molecule has 1 saturated carbocycles. The second-order valence-corrected chi connectivity index (χ2v) is 12.8. The van der Waals surface area contributed by atoms with Gasteiger partial charge in [0.1, 0.15) is 11.6 Å². The summed E-state index contributed by atoms with van der Waals surface area (Å²) in [5.41, 5.74) is 1.87. The molecule has 1 N–H and O–H groups in total. The highest BCUT2D eigenvalue weighted by Gasteiger charge is 2.36. The number of fused-ring (bicyclic) bond motifs is 1. The molecule has 12 nitrogen and oxygen atoms in total. The first-order valence-corrected chi connectivity index (χ1v) is 15.0. The fraction of sp³-hybridized carbons (Fsp3) is 0.667. The molecule has 2 saturated heterocycles. The van der Waals surface area contributed by atoms with Crippen LogP contribution in [-0.2, 0) is 32.7 Å². The smallest absolute Gasteiger partial charge is 0.410 e. The number of hydrogen-bond donors (Lipinski definition) is 1. The topological polar surface area (TPSA) is 118 Å². The summed E-state index contributed by atoms with van der Waals surface area (Å²) in [5, 5.41) is 2.36. The maximum atomic E-state index is 13.0. The Hall–Kier alpha value is -3.22. The molecule has 230 valence electrons. The molecule has 12 heteroatoms. The molecule has 3 heterocycles. The second-order valence-electron chi connectivity index (χ2n) is 12.8. The van der Waals surface area contributed by atoms with Gasteiger partial charge in [0.05, 0.1) is 23.7 Å². The molecule has 2 aliphatic heterocycles. The van der Waals surface area contributed by atoms with Crippen LogP contribution in [0.3, 0.4) is 0 Å². The SMILES string of the molecule is CN(C(=O)OC(C)(C)C)C1CC(OCCN2CCN(Cc3ccc4c(c3)n(C)c(=O)n4C3CCC(=O)NC3=O)CC2)C1. The van der Waals surface area contributed by atoms with Crippen molar-refractivity contribution in [2.75, 3.05) is 46.4 Å². The van der Waals surface area contributed by atoms with Crippen LogP contribution in [0.4, 0.5) is 4.79 Å². The van der Waals surface area contributed by atoms with E-state index in [4.69, 9.17) is 9.47 Å². The summed E-state index contributed by atoms with van der Waals surface area (Å²) < 4.78 is 14.6. The zero-order valence-electron chi connectivity index (χ0n) is 25.4. The van der Waals surface area contributed by atoms with Crippen LogP contribution >= 0.6 is 0 Å². The summed E-state index contributed by atoms with van der Waals surface area (Å²) in [4.78, 5) is 55.8. The molecule has 3 aliphatic rings. The van der Waals surface area contributed by atoms with Gasteiger partial charge in [0, 0.05) is 65.8 Å². The monoisotopic (exact) mass is 584 g/mol. The third-order valence-corrected chi connectivity index (χ3v) is 8.61. The van der Waals surface area contributed by atoms with Crippen LogP contribution in [0.5, 0.6) is 0 Å². The average Bonchev–Trinajstić information content (AvgIpc) is 3.14. The summed E-state index contributed by atoms with van der Waals surface area (Å²) in [5.74, 6) is -0.716. The van der Waals surface area contributed by atoms with E-state index in [2.05, 4.69) is 15.1 Å². The number of carbonyl (C=O) groups excluding carboxylic acids is 3. The van der Waals surface area contributed by atoms with E-state index in [0.29, 0.717) is 18.5 Å². The number of imide groups is 1. The summed E-state index contributed by atoms with van der Waals surface area (Å²) in [6.07, 6.45) is 2.15. The lowest BCUT2D eigenvalue weighted by atomic mass is 9.88. The summed E-state index contributed by atoms with van der Waals surface area (Å²) in [6.45, 7) is 11.8. The molecule has 1 atom stereocenters. The van der Waals surface area contributed by atoms with E-state index in [1.54, 1.807) is 23.6 Å². The van der Waals surface area contributed by atoms with Crippen molar-refractivity contribution in [3.05, 3.63) is 34.2 Å². The third-order valence-electron chi connectivity index (χ3n) is 8.61. The van der Waals surface area contributed by atoms with Crippen LogP contribution in [0.2, 0.25) is 0 Å². The Kier molecular flexibility index (Phi) is 8.77. The molecule has 2 aromatic rings. The van der Waals surface area contributed by atoms with Gasteiger partial charge in [0.2, 0.25) is 11.8 Å². The lowest BCUT2D eigenvalue weighted by molar-refractivity contribution is -0.135. The Morgan fingerprint density at radius 2 is 1.74 bits per heavy atom. The predicted octanol–water partition coefficient (Wildman–Crippen LogP) is 1.85. The van der Waals surface area contributed by atoms with Gasteiger partial charge in [-0.1, -0.05) is 6.07 Å². The van der Waals surface area contributed by atoms with E-state index in [9.17, 15) is 19.2 Å². The molecule has 3 amide bonds. The zero-order valence-corrected chi connectivity index (χ0v) is 25.4. The number of nitrogens with zero attached hydrogens (tertiary/aromatic N) is 5. The van der Waals surface area contributed by atoms with Gasteiger partial charge in [-0.2, -0.15) is 0 Å². The van der Waals surface area contributed by atoms with E-state index >= 15 is 0 Å². The first-order valence-electron chi connectivity index (χ1n) is 15.0. The van der Waals surface area contributed by atoms with Crippen molar-refractivity contribution in [1.29, 1.82) is 0 Å². The van der Waals surface area contributed by atoms with E-state index in [1.165, 1.54) is 4.57 Å². The van der Waals surface area contributed by atoms with Gasteiger partial charge in [0.15, 0.2) is 0 Å². The molecule has 0 radical (unpaired) electrons. The van der Waals surface area contributed by atoms with Crippen molar-refractivity contribution in [3.63, 3.8) is 0 Å². The molecule has 5 rings (SSSR count).